The van der Waals surface area contributed by atoms with Gasteiger partial charge in [-0.05, 0) is 23.9 Å². The van der Waals surface area contributed by atoms with Crippen molar-refractivity contribution in [1.29, 1.82) is 0 Å². The number of hydrogen-bond acceptors (Lipinski definition) is 0. The third kappa shape index (κ3) is 20.0. The first-order chi connectivity index (χ1) is 13.0. The van der Waals surface area contributed by atoms with E-state index in [1.807, 2.05) is 0 Å². The third-order valence-corrected chi connectivity index (χ3v) is 7.54. The molecule has 0 aromatic heterocycles. The second-order valence-electron chi connectivity index (χ2n) is 9.60. The number of hydrogen-bond donors (Lipinski definition) is 0. The molecule has 0 aliphatic rings. The maximum absolute atomic E-state index is 3.21. The fourth-order valence-corrected chi connectivity index (χ4v) is 4.52. The van der Waals surface area contributed by atoms with E-state index in [9.17, 15) is 0 Å². The molecule has 0 aromatic rings. The lowest BCUT2D eigenvalue weighted by molar-refractivity contribution is 0.357. The van der Waals surface area contributed by atoms with E-state index in [1.54, 1.807) is 0 Å². The van der Waals surface area contributed by atoms with Gasteiger partial charge in [-0.2, -0.15) is 0 Å². The van der Waals surface area contributed by atoms with Crippen molar-refractivity contribution in [3.63, 3.8) is 0 Å². The fraction of sp³-hybridized carbons (Fsp3) is 1.00. The molecule has 0 nitrogen and oxygen atoms in total. The first-order valence-electron chi connectivity index (χ1n) is 12.8. The van der Waals surface area contributed by atoms with Crippen LogP contribution in [-0.2, 0) is 0 Å². The summed E-state index contributed by atoms with van der Waals surface area (Å²) in [7, 11) is 3.21. The Kier molecular flexibility index (Phi) is 24.7. The van der Waals surface area contributed by atoms with Gasteiger partial charge in [-0.25, -0.2) is 0 Å². The van der Waals surface area contributed by atoms with Crippen molar-refractivity contribution in [2.24, 2.45) is 5.92 Å². The normalized spacial score (nSPS) is 14.5. The van der Waals surface area contributed by atoms with Gasteiger partial charge in [0.25, 0.3) is 0 Å². The first kappa shape index (κ1) is 30.9. The van der Waals surface area contributed by atoms with E-state index < -0.39 is 0 Å². The predicted molar refractivity (Wildman–Crippen MR) is 138 cm³/mol. The van der Waals surface area contributed by atoms with Gasteiger partial charge in [0, 0.05) is 0 Å². The zero-order chi connectivity index (χ0) is 20.2. The minimum atomic E-state index is 0. The van der Waals surface area contributed by atoms with Crippen LogP contribution in [0.25, 0.3) is 0 Å². The molecule has 0 N–H and O–H groups in total. The smallest absolute Gasteiger partial charge is 0.0153 e. The largest absolute Gasteiger partial charge is 0.147 e. The lowest BCUT2D eigenvalue weighted by Gasteiger charge is -2.32. The van der Waals surface area contributed by atoms with Gasteiger partial charge in [0.1, 0.15) is 0 Å². The second-order valence-corrected chi connectivity index (χ2v) is 10.9. The van der Waals surface area contributed by atoms with Crippen LogP contribution in [0.15, 0.2) is 0 Å². The average Bonchev–Trinajstić information content (AvgIpc) is 2.65. The van der Waals surface area contributed by atoms with E-state index in [-0.39, 0.29) is 12.4 Å². The Hall–Kier alpha value is 0.720. The molecule has 3 atom stereocenters. The predicted octanol–water partition coefficient (Wildman–Crippen LogP) is 10.5. The maximum Gasteiger partial charge on any atom is -0.0153 e. The summed E-state index contributed by atoms with van der Waals surface area (Å²) >= 11 is 0. The molecule has 3 unspecified atom stereocenters. The Morgan fingerprint density at radius 2 is 0.893 bits per heavy atom. The highest BCUT2D eigenvalue weighted by atomic mass is 35.5. The van der Waals surface area contributed by atoms with E-state index in [0.29, 0.717) is 5.16 Å². The molecule has 0 rings (SSSR count). The molecule has 0 aromatic carbocycles. The number of unbranched alkanes of at least 4 members (excludes halogenated alkanes) is 16. The molecular formula is C26H56ClP. The van der Waals surface area contributed by atoms with Gasteiger partial charge in [0.2, 0.25) is 0 Å². The summed E-state index contributed by atoms with van der Waals surface area (Å²) in [5.41, 5.74) is 0. The molecule has 0 aliphatic heterocycles. The fourth-order valence-electron chi connectivity index (χ4n) is 4.15. The molecule has 0 bridgehead atoms. The van der Waals surface area contributed by atoms with Crippen LogP contribution in [0.2, 0.25) is 0 Å². The van der Waals surface area contributed by atoms with Crippen LogP contribution in [0.1, 0.15) is 156 Å². The average molecular weight is 435 g/mol. The molecule has 0 saturated heterocycles. The van der Waals surface area contributed by atoms with Crippen LogP contribution in [0, 0.1) is 5.92 Å². The number of rotatable bonds is 21. The highest BCUT2D eigenvalue weighted by Gasteiger charge is 2.24. The van der Waals surface area contributed by atoms with Gasteiger partial charge < -0.3 is 0 Å². The van der Waals surface area contributed by atoms with E-state index in [1.165, 1.54) is 128 Å². The van der Waals surface area contributed by atoms with Crippen molar-refractivity contribution in [3.05, 3.63) is 0 Å². The molecule has 28 heavy (non-hydrogen) atoms. The van der Waals surface area contributed by atoms with E-state index in [2.05, 4.69) is 36.9 Å². The van der Waals surface area contributed by atoms with Crippen molar-refractivity contribution in [3.8, 4) is 0 Å². The van der Waals surface area contributed by atoms with Gasteiger partial charge in [-0.1, -0.05) is 143 Å². The zero-order valence-corrected chi connectivity index (χ0v) is 22.2. The third-order valence-electron chi connectivity index (χ3n) is 6.69. The monoisotopic (exact) mass is 434 g/mol. The van der Waals surface area contributed by atoms with Crippen molar-refractivity contribution < 1.29 is 0 Å². The van der Waals surface area contributed by atoms with Crippen molar-refractivity contribution >= 4 is 21.6 Å². The van der Waals surface area contributed by atoms with E-state index >= 15 is 0 Å². The molecule has 0 spiro atoms. The molecule has 2 heteroatoms. The zero-order valence-electron chi connectivity index (χ0n) is 20.2. The van der Waals surface area contributed by atoms with Gasteiger partial charge in [-0.15, -0.1) is 21.6 Å². The van der Waals surface area contributed by atoms with Gasteiger partial charge in [-0.3, -0.25) is 0 Å². The Labute approximate surface area is 188 Å². The highest BCUT2D eigenvalue weighted by Crippen LogP contribution is 2.36. The quantitative estimate of drug-likeness (QED) is 0.124. The van der Waals surface area contributed by atoms with Crippen LogP contribution in [-0.4, -0.2) is 5.16 Å². The summed E-state index contributed by atoms with van der Waals surface area (Å²) in [6.07, 6.45) is 28.8. The summed E-state index contributed by atoms with van der Waals surface area (Å²) in [6, 6.07) is 0. The Morgan fingerprint density at radius 1 is 0.571 bits per heavy atom. The van der Waals surface area contributed by atoms with E-state index in [0.717, 1.165) is 5.92 Å². The minimum absolute atomic E-state index is 0. The molecule has 0 saturated carbocycles. The van der Waals surface area contributed by atoms with Gasteiger partial charge in [0.05, 0.1) is 0 Å². The second kappa shape index (κ2) is 22.4. The highest BCUT2D eigenvalue weighted by molar-refractivity contribution is 7.18. The lowest BCUT2D eigenvalue weighted by atomic mass is 9.85. The molecular weight excluding hydrogens is 379 g/mol. The molecule has 0 radical (unpaired) electrons. The SMILES string of the molecule is CCCCCCCCCCCCCCC(C)C(C)(P)CCCCCCCC.Cl. The van der Waals surface area contributed by atoms with Crippen LogP contribution in [0.4, 0.5) is 0 Å². The summed E-state index contributed by atoms with van der Waals surface area (Å²) in [6.45, 7) is 9.57. The topological polar surface area (TPSA) is 0 Å². The molecule has 0 amide bonds. The van der Waals surface area contributed by atoms with Crippen LogP contribution >= 0.6 is 21.6 Å². The summed E-state index contributed by atoms with van der Waals surface area (Å²) in [4.78, 5) is 0. The molecule has 172 valence electrons. The minimum Gasteiger partial charge on any atom is -0.147 e. The molecule has 0 heterocycles. The standard InChI is InChI=1S/C26H55P.ClH/c1-5-7-9-11-13-14-15-16-17-18-19-21-23-25(3)26(4,27)24-22-20-12-10-8-6-2;/h25H,5-24,27H2,1-4H3;1H. The maximum atomic E-state index is 3.21. The van der Waals surface area contributed by atoms with Crippen molar-refractivity contribution in [2.45, 2.75) is 161 Å². The van der Waals surface area contributed by atoms with Crippen molar-refractivity contribution in [2.75, 3.05) is 0 Å². The van der Waals surface area contributed by atoms with Crippen LogP contribution < -0.4 is 0 Å². The first-order valence-corrected chi connectivity index (χ1v) is 13.4. The Balaban J connectivity index is 0. The Morgan fingerprint density at radius 3 is 1.29 bits per heavy atom. The molecule has 0 fully saturated rings. The lowest BCUT2D eigenvalue weighted by Crippen LogP contribution is -2.25. The summed E-state index contributed by atoms with van der Waals surface area (Å²) < 4.78 is 0. The van der Waals surface area contributed by atoms with Crippen molar-refractivity contribution in [1.82, 2.24) is 0 Å². The van der Waals surface area contributed by atoms with Gasteiger partial charge >= 0.3 is 0 Å². The summed E-state index contributed by atoms with van der Waals surface area (Å²) in [5.74, 6) is 0.848. The van der Waals surface area contributed by atoms with Gasteiger partial charge in [0.15, 0.2) is 0 Å². The van der Waals surface area contributed by atoms with Crippen LogP contribution in [0.5, 0.6) is 0 Å². The number of halogens is 1. The van der Waals surface area contributed by atoms with E-state index in [4.69, 9.17) is 0 Å². The summed E-state index contributed by atoms with van der Waals surface area (Å²) in [5, 5.41) is 0.461. The Bertz CT molecular complexity index is 290. The molecule has 0 aliphatic carbocycles. The van der Waals surface area contributed by atoms with Crippen LogP contribution in [0.3, 0.4) is 0 Å².